The van der Waals surface area contributed by atoms with E-state index in [2.05, 4.69) is 41.7 Å². The van der Waals surface area contributed by atoms with E-state index in [-0.39, 0.29) is 17.2 Å². The normalized spacial score (nSPS) is 16.2. The summed E-state index contributed by atoms with van der Waals surface area (Å²) in [5.74, 6) is 0.757. The number of ether oxygens (including phenoxy) is 1. The SMILES string of the molecule is COc1ccc2cc([C@H](C)C(=O)NCC3(c4ccccc4)CCC3)ccc2c1. The maximum absolute atomic E-state index is 12.9. The van der Waals surface area contributed by atoms with E-state index in [0.29, 0.717) is 6.54 Å². The van der Waals surface area contributed by atoms with E-state index in [0.717, 1.165) is 34.9 Å². The van der Waals surface area contributed by atoms with Gasteiger partial charge in [0.2, 0.25) is 5.91 Å². The molecule has 0 spiro atoms. The van der Waals surface area contributed by atoms with Crippen LogP contribution in [0.4, 0.5) is 0 Å². The maximum Gasteiger partial charge on any atom is 0.227 e. The van der Waals surface area contributed by atoms with Gasteiger partial charge in [0.25, 0.3) is 0 Å². The molecule has 28 heavy (non-hydrogen) atoms. The molecule has 0 saturated heterocycles. The van der Waals surface area contributed by atoms with Gasteiger partial charge in [-0.3, -0.25) is 4.79 Å². The highest BCUT2D eigenvalue weighted by Crippen LogP contribution is 2.43. The standard InChI is InChI=1S/C25H27NO2/c1-18(19-9-10-21-16-23(28-2)12-11-20(21)15-19)24(27)26-17-25(13-6-14-25)22-7-4-3-5-8-22/h3-5,7-12,15-16,18H,6,13-14,17H2,1-2H3,(H,26,27)/t18-/m0/s1. The minimum Gasteiger partial charge on any atom is -0.497 e. The third kappa shape index (κ3) is 3.49. The number of benzene rings is 3. The monoisotopic (exact) mass is 373 g/mol. The van der Waals surface area contributed by atoms with Crippen molar-refractivity contribution in [3.8, 4) is 5.75 Å². The number of carbonyl (C=O) groups excluding carboxylic acids is 1. The molecule has 3 aromatic carbocycles. The van der Waals surface area contributed by atoms with Gasteiger partial charge in [0.1, 0.15) is 5.75 Å². The zero-order valence-electron chi connectivity index (χ0n) is 16.6. The Hall–Kier alpha value is -2.81. The summed E-state index contributed by atoms with van der Waals surface area (Å²) in [4.78, 5) is 12.9. The molecule has 1 aliphatic rings. The van der Waals surface area contributed by atoms with Gasteiger partial charge in [-0.25, -0.2) is 0 Å². The number of fused-ring (bicyclic) bond motifs is 1. The Morgan fingerprint density at radius 3 is 2.43 bits per heavy atom. The van der Waals surface area contributed by atoms with Crippen molar-refractivity contribution in [3.05, 3.63) is 77.9 Å². The summed E-state index contributed by atoms with van der Waals surface area (Å²) in [5, 5.41) is 5.47. The van der Waals surface area contributed by atoms with E-state index >= 15 is 0 Å². The summed E-state index contributed by atoms with van der Waals surface area (Å²) < 4.78 is 5.29. The first kappa shape index (κ1) is 18.5. The first-order valence-electron chi connectivity index (χ1n) is 10.0. The van der Waals surface area contributed by atoms with Crippen LogP contribution in [0.3, 0.4) is 0 Å². The Morgan fingerprint density at radius 2 is 1.75 bits per heavy atom. The summed E-state index contributed by atoms with van der Waals surface area (Å²) in [6.45, 7) is 2.70. The highest BCUT2D eigenvalue weighted by Gasteiger charge is 2.38. The van der Waals surface area contributed by atoms with E-state index in [9.17, 15) is 4.79 Å². The molecule has 0 aliphatic heterocycles. The summed E-state index contributed by atoms with van der Waals surface area (Å²) in [5.41, 5.74) is 2.49. The van der Waals surface area contributed by atoms with Crippen LogP contribution in [-0.4, -0.2) is 19.6 Å². The fourth-order valence-corrected chi connectivity index (χ4v) is 4.16. The Bertz CT molecular complexity index is 976. The first-order valence-corrected chi connectivity index (χ1v) is 10.0. The van der Waals surface area contributed by atoms with Crippen molar-refractivity contribution in [3.63, 3.8) is 0 Å². The number of nitrogens with one attached hydrogen (secondary N) is 1. The molecule has 0 unspecified atom stereocenters. The van der Waals surface area contributed by atoms with Crippen molar-refractivity contribution >= 4 is 16.7 Å². The second-order valence-electron chi connectivity index (χ2n) is 7.91. The average molecular weight is 373 g/mol. The average Bonchev–Trinajstić information content (AvgIpc) is 2.72. The third-order valence-corrected chi connectivity index (χ3v) is 6.26. The molecule has 144 valence electrons. The Labute approximate surface area is 166 Å². The summed E-state index contributed by atoms with van der Waals surface area (Å²) >= 11 is 0. The van der Waals surface area contributed by atoms with Crippen molar-refractivity contribution in [2.45, 2.75) is 37.5 Å². The molecule has 1 aliphatic carbocycles. The zero-order valence-corrected chi connectivity index (χ0v) is 16.6. The number of hydrogen-bond donors (Lipinski definition) is 1. The lowest BCUT2D eigenvalue weighted by molar-refractivity contribution is -0.122. The van der Waals surface area contributed by atoms with Gasteiger partial charge in [0.05, 0.1) is 13.0 Å². The molecule has 3 nitrogen and oxygen atoms in total. The van der Waals surface area contributed by atoms with Crippen LogP contribution in [-0.2, 0) is 10.2 Å². The van der Waals surface area contributed by atoms with E-state index < -0.39 is 0 Å². The molecular weight excluding hydrogens is 346 g/mol. The molecule has 3 aromatic rings. The van der Waals surface area contributed by atoms with Crippen molar-refractivity contribution in [1.29, 1.82) is 0 Å². The fraction of sp³-hybridized carbons (Fsp3) is 0.320. The number of methoxy groups -OCH3 is 1. The Morgan fingerprint density at radius 1 is 1.04 bits per heavy atom. The topological polar surface area (TPSA) is 38.3 Å². The largest absolute Gasteiger partial charge is 0.497 e. The van der Waals surface area contributed by atoms with Crippen LogP contribution in [0.1, 0.15) is 43.2 Å². The van der Waals surface area contributed by atoms with Crippen LogP contribution in [0, 0.1) is 0 Å². The van der Waals surface area contributed by atoms with Crippen LogP contribution < -0.4 is 10.1 Å². The minimum atomic E-state index is -0.181. The molecular formula is C25H27NO2. The number of rotatable bonds is 6. The van der Waals surface area contributed by atoms with Crippen LogP contribution >= 0.6 is 0 Å². The second-order valence-corrected chi connectivity index (χ2v) is 7.91. The highest BCUT2D eigenvalue weighted by molar-refractivity contribution is 5.88. The van der Waals surface area contributed by atoms with Gasteiger partial charge in [0.15, 0.2) is 0 Å². The fourth-order valence-electron chi connectivity index (χ4n) is 4.16. The van der Waals surface area contributed by atoms with Gasteiger partial charge >= 0.3 is 0 Å². The lowest BCUT2D eigenvalue weighted by Gasteiger charge is -2.42. The van der Waals surface area contributed by atoms with Gasteiger partial charge in [0, 0.05) is 12.0 Å². The molecule has 1 amide bonds. The lowest BCUT2D eigenvalue weighted by Crippen LogP contribution is -2.46. The van der Waals surface area contributed by atoms with Gasteiger partial charge < -0.3 is 10.1 Å². The predicted molar refractivity (Wildman–Crippen MR) is 114 cm³/mol. The van der Waals surface area contributed by atoms with Crippen molar-refractivity contribution in [1.82, 2.24) is 5.32 Å². The predicted octanol–water partition coefficient (Wildman–Crippen LogP) is 5.19. The third-order valence-electron chi connectivity index (χ3n) is 6.26. The van der Waals surface area contributed by atoms with E-state index in [1.54, 1.807) is 7.11 Å². The molecule has 4 rings (SSSR count). The van der Waals surface area contributed by atoms with Gasteiger partial charge in [-0.15, -0.1) is 0 Å². The van der Waals surface area contributed by atoms with E-state index in [1.165, 1.54) is 12.0 Å². The Balaban J connectivity index is 1.47. The van der Waals surface area contributed by atoms with E-state index in [1.807, 2.05) is 37.3 Å². The molecule has 1 atom stereocenters. The molecule has 0 radical (unpaired) electrons. The first-order chi connectivity index (χ1) is 13.6. The summed E-state index contributed by atoms with van der Waals surface area (Å²) in [7, 11) is 1.67. The molecule has 0 heterocycles. The molecule has 0 aromatic heterocycles. The highest BCUT2D eigenvalue weighted by atomic mass is 16.5. The summed E-state index contributed by atoms with van der Waals surface area (Å²) in [6.07, 6.45) is 3.52. The van der Waals surface area contributed by atoms with Crippen LogP contribution in [0.25, 0.3) is 10.8 Å². The minimum absolute atomic E-state index is 0.0927. The zero-order chi connectivity index (χ0) is 19.6. The second kappa shape index (κ2) is 7.67. The molecule has 1 saturated carbocycles. The van der Waals surface area contributed by atoms with Crippen LogP contribution in [0.15, 0.2) is 66.7 Å². The quantitative estimate of drug-likeness (QED) is 0.646. The smallest absolute Gasteiger partial charge is 0.227 e. The van der Waals surface area contributed by atoms with Crippen molar-refractivity contribution in [2.24, 2.45) is 0 Å². The van der Waals surface area contributed by atoms with E-state index in [4.69, 9.17) is 4.74 Å². The molecule has 0 bridgehead atoms. The summed E-state index contributed by atoms with van der Waals surface area (Å²) in [6, 6.07) is 22.8. The van der Waals surface area contributed by atoms with Crippen molar-refractivity contribution in [2.75, 3.05) is 13.7 Å². The number of amides is 1. The Kier molecular flexibility index (Phi) is 5.08. The molecule has 1 N–H and O–H groups in total. The molecule has 1 fully saturated rings. The van der Waals surface area contributed by atoms with Gasteiger partial charge in [-0.1, -0.05) is 61.0 Å². The van der Waals surface area contributed by atoms with Crippen molar-refractivity contribution < 1.29 is 9.53 Å². The van der Waals surface area contributed by atoms with Crippen LogP contribution in [0.5, 0.6) is 5.75 Å². The maximum atomic E-state index is 12.9. The van der Waals surface area contributed by atoms with Gasteiger partial charge in [-0.05, 0) is 53.8 Å². The number of carbonyl (C=O) groups is 1. The van der Waals surface area contributed by atoms with Gasteiger partial charge in [-0.2, -0.15) is 0 Å². The molecule has 3 heteroatoms. The lowest BCUT2D eigenvalue weighted by atomic mass is 9.64. The van der Waals surface area contributed by atoms with Crippen LogP contribution in [0.2, 0.25) is 0 Å². The number of hydrogen-bond acceptors (Lipinski definition) is 2.